The molecular formula is C19H21N3O5S. The van der Waals surface area contributed by atoms with E-state index in [1.807, 2.05) is 19.1 Å². The Hall–Kier alpha value is -2.94. The first-order valence-electron chi connectivity index (χ1n) is 8.93. The topological polar surface area (TPSA) is 106 Å². The van der Waals surface area contributed by atoms with Crippen LogP contribution in [0.1, 0.15) is 37.1 Å². The highest BCUT2D eigenvalue weighted by atomic mass is 32.2. The lowest BCUT2D eigenvalue weighted by Crippen LogP contribution is -2.14. The fourth-order valence-corrected chi connectivity index (χ4v) is 3.91. The van der Waals surface area contributed by atoms with Crippen LogP contribution in [-0.2, 0) is 14.9 Å². The van der Waals surface area contributed by atoms with Crippen molar-refractivity contribution >= 4 is 33.1 Å². The van der Waals surface area contributed by atoms with Gasteiger partial charge in [-0.2, -0.15) is 8.42 Å². The van der Waals surface area contributed by atoms with E-state index >= 15 is 0 Å². The van der Waals surface area contributed by atoms with Gasteiger partial charge in [-0.3, -0.25) is 4.79 Å². The fourth-order valence-electron chi connectivity index (χ4n) is 3.39. The number of amides is 1. The van der Waals surface area contributed by atoms with Gasteiger partial charge < -0.3 is 24.9 Å². The number of ether oxygens (including phenoxy) is 1. The van der Waals surface area contributed by atoms with Crippen molar-refractivity contribution in [2.45, 2.75) is 25.9 Å². The monoisotopic (exact) mass is 403 g/mol. The van der Waals surface area contributed by atoms with Gasteiger partial charge in [-0.25, -0.2) is 0 Å². The van der Waals surface area contributed by atoms with Gasteiger partial charge in [0, 0.05) is 17.3 Å². The van der Waals surface area contributed by atoms with Crippen molar-refractivity contribution in [1.29, 1.82) is 0 Å². The highest BCUT2D eigenvalue weighted by Crippen LogP contribution is 2.45. The van der Waals surface area contributed by atoms with Gasteiger partial charge in [0.1, 0.15) is 17.7 Å². The molecule has 0 fully saturated rings. The molecule has 4 rings (SSSR count). The molecule has 2 atom stereocenters. The van der Waals surface area contributed by atoms with Crippen LogP contribution in [0.25, 0.3) is 0 Å². The second-order valence-corrected chi connectivity index (χ2v) is 8.61. The molecule has 8 nitrogen and oxygen atoms in total. The molecule has 0 saturated carbocycles. The van der Waals surface area contributed by atoms with Crippen LogP contribution in [0.2, 0.25) is 0 Å². The van der Waals surface area contributed by atoms with Crippen LogP contribution in [0.4, 0.5) is 17.1 Å². The van der Waals surface area contributed by atoms with Crippen molar-refractivity contribution in [3.8, 4) is 11.5 Å². The number of rotatable bonds is 5. The van der Waals surface area contributed by atoms with E-state index in [9.17, 15) is 13.2 Å². The van der Waals surface area contributed by atoms with Crippen molar-refractivity contribution in [2.24, 2.45) is 0 Å². The van der Waals surface area contributed by atoms with E-state index in [1.165, 1.54) is 14.0 Å². The number of carbonyl (C=O) groups excluding carboxylic acids is 1. The maximum Gasteiger partial charge on any atom is 0.308 e. The molecule has 0 saturated heterocycles. The van der Waals surface area contributed by atoms with Crippen LogP contribution in [0, 0.1) is 0 Å². The molecule has 1 amide bonds. The lowest BCUT2D eigenvalue weighted by atomic mass is 10.0. The SMILES string of the molecule is CCS(=O)(=O)Oc1ccc(C2Nc3cc4c(cc3N2)C(C)C(=O)N4)c(OC)c1. The van der Waals surface area contributed by atoms with Gasteiger partial charge in [-0.1, -0.05) is 0 Å². The Kier molecular flexibility index (Phi) is 4.34. The first-order valence-corrected chi connectivity index (χ1v) is 10.5. The van der Waals surface area contributed by atoms with Crippen molar-refractivity contribution in [2.75, 3.05) is 28.8 Å². The van der Waals surface area contributed by atoms with Crippen molar-refractivity contribution < 1.29 is 22.1 Å². The maximum atomic E-state index is 11.9. The molecule has 148 valence electrons. The van der Waals surface area contributed by atoms with Gasteiger partial charge in [0.05, 0.1) is 30.2 Å². The van der Waals surface area contributed by atoms with Gasteiger partial charge in [-0.15, -0.1) is 0 Å². The summed E-state index contributed by atoms with van der Waals surface area (Å²) in [6.07, 6.45) is -0.268. The Bertz CT molecular complexity index is 1070. The summed E-state index contributed by atoms with van der Waals surface area (Å²) in [5.41, 5.74) is 4.33. The first kappa shape index (κ1) is 18.4. The average molecular weight is 403 g/mol. The number of benzene rings is 2. The van der Waals surface area contributed by atoms with Gasteiger partial charge in [-0.05, 0) is 43.7 Å². The van der Waals surface area contributed by atoms with Crippen LogP contribution in [0.15, 0.2) is 30.3 Å². The predicted octanol–water partition coefficient (Wildman–Crippen LogP) is 3.02. The van der Waals surface area contributed by atoms with E-state index in [-0.39, 0.29) is 29.5 Å². The number of hydrogen-bond donors (Lipinski definition) is 3. The highest BCUT2D eigenvalue weighted by Gasteiger charge is 2.31. The minimum Gasteiger partial charge on any atom is -0.496 e. The Morgan fingerprint density at radius 2 is 1.75 bits per heavy atom. The predicted molar refractivity (Wildman–Crippen MR) is 107 cm³/mol. The van der Waals surface area contributed by atoms with Crippen molar-refractivity contribution in [3.05, 3.63) is 41.5 Å². The first-order chi connectivity index (χ1) is 13.3. The van der Waals surface area contributed by atoms with E-state index in [0.717, 1.165) is 28.2 Å². The third-order valence-electron chi connectivity index (χ3n) is 5.00. The number of anilines is 3. The van der Waals surface area contributed by atoms with E-state index < -0.39 is 10.1 Å². The van der Waals surface area contributed by atoms with Crippen LogP contribution < -0.4 is 24.9 Å². The van der Waals surface area contributed by atoms with Crippen LogP contribution in [0.5, 0.6) is 11.5 Å². The van der Waals surface area contributed by atoms with Gasteiger partial charge in [0.25, 0.3) is 0 Å². The zero-order valence-corrected chi connectivity index (χ0v) is 16.5. The summed E-state index contributed by atoms with van der Waals surface area (Å²) in [4.78, 5) is 11.9. The number of hydrogen-bond acceptors (Lipinski definition) is 7. The molecule has 2 heterocycles. The minimum absolute atomic E-state index is 0.00508. The van der Waals surface area contributed by atoms with E-state index in [4.69, 9.17) is 8.92 Å². The second-order valence-electron chi connectivity index (χ2n) is 6.75. The number of fused-ring (bicyclic) bond motifs is 2. The molecule has 2 aromatic rings. The van der Waals surface area contributed by atoms with Crippen LogP contribution in [0.3, 0.4) is 0 Å². The third kappa shape index (κ3) is 3.11. The number of methoxy groups -OCH3 is 1. The molecule has 2 aliphatic rings. The molecule has 28 heavy (non-hydrogen) atoms. The van der Waals surface area contributed by atoms with Crippen LogP contribution in [-0.4, -0.2) is 27.2 Å². The number of nitrogens with one attached hydrogen (secondary N) is 3. The van der Waals surface area contributed by atoms with E-state index in [1.54, 1.807) is 18.2 Å². The van der Waals surface area contributed by atoms with Crippen LogP contribution >= 0.6 is 0 Å². The second kappa shape index (κ2) is 6.59. The van der Waals surface area contributed by atoms with Gasteiger partial charge in [0.2, 0.25) is 5.91 Å². The summed E-state index contributed by atoms with van der Waals surface area (Å²) >= 11 is 0. The lowest BCUT2D eigenvalue weighted by molar-refractivity contribution is -0.116. The Balaban J connectivity index is 1.61. The zero-order valence-electron chi connectivity index (χ0n) is 15.7. The summed E-state index contributed by atoms with van der Waals surface area (Å²) in [5, 5.41) is 9.63. The zero-order chi connectivity index (χ0) is 20.1. The molecule has 0 spiro atoms. The summed E-state index contributed by atoms with van der Waals surface area (Å²) < 4.78 is 33.9. The molecule has 0 bridgehead atoms. The Morgan fingerprint density at radius 1 is 1.04 bits per heavy atom. The molecule has 3 N–H and O–H groups in total. The van der Waals surface area contributed by atoms with Crippen molar-refractivity contribution in [3.63, 3.8) is 0 Å². The van der Waals surface area contributed by atoms with E-state index in [0.29, 0.717) is 5.75 Å². The molecule has 2 aliphatic heterocycles. The fraction of sp³-hybridized carbons (Fsp3) is 0.316. The maximum absolute atomic E-state index is 11.9. The highest BCUT2D eigenvalue weighted by molar-refractivity contribution is 7.87. The summed E-state index contributed by atoms with van der Waals surface area (Å²) in [7, 11) is -2.09. The lowest BCUT2D eigenvalue weighted by Gasteiger charge is -2.17. The quantitative estimate of drug-likeness (QED) is 0.659. The molecule has 0 aliphatic carbocycles. The molecule has 0 aromatic heterocycles. The molecule has 9 heteroatoms. The smallest absolute Gasteiger partial charge is 0.308 e. The number of carbonyl (C=O) groups is 1. The summed E-state index contributed by atoms with van der Waals surface area (Å²) in [6.45, 7) is 3.39. The van der Waals surface area contributed by atoms with Gasteiger partial charge in [0.15, 0.2) is 0 Å². The van der Waals surface area contributed by atoms with Gasteiger partial charge >= 0.3 is 10.1 Å². The summed E-state index contributed by atoms with van der Waals surface area (Å²) in [5.74, 6) is 0.393. The molecular weight excluding hydrogens is 382 g/mol. The standard InChI is InChI=1S/C19H21N3O5S/c1-4-28(24,25)27-11-5-6-12(17(7-11)26-3)18-20-15-8-13-10(2)19(23)22-14(13)9-16(15)21-18/h5-10,18,20-21H,4H2,1-3H3,(H,22,23). The third-order valence-corrected chi connectivity index (χ3v) is 6.15. The largest absolute Gasteiger partial charge is 0.496 e. The molecule has 2 aromatic carbocycles. The normalized spacial score (nSPS) is 19.9. The molecule has 0 radical (unpaired) electrons. The van der Waals surface area contributed by atoms with Crippen molar-refractivity contribution in [1.82, 2.24) is 0 Å². The Morgan fingerprint density at radius 3 is 2.43 bits per heavy atom. The summed E-state index contributed by atoms with van der Waals surface area (Å²) in [6, 6.07) is 8.79. The average Bonchev–Trinajstić information content (AvgIpc) is 3.20. The molecule has 2 unspecified atom stereocenters. The minimum atomic E-state index is -3.61. The Labute approximate surface area is 163 Å². The van der Waals surface area contributed by atoms with E-state index in [2.05, 4.69) is 16.0 Å².